The van der Waals surface area contributed by atoms with Crippen LogP contribution in [-0.4, -0.2) is 57.3 Å². The molecule has 0 fully saturated rings. The van der Waals surface area contributed by atoms with Crippen molar-refractivity contribution in [3.05, 3.63) is 0 Å². The fourth-order valence-corrected chi connectivity index (χ4v) is 1.82. The lowest BCUT2D eigenvalue weighted by Gasteiger charge is -2.37. The number of nitrogens with zero attached hydrogens (tertiary/aromatic N) is 2. The Morgan fingerprint density at radius 2 is 1.94 bits per heavy atom. The molecule has 0 rings (SSSR count). The molecule has 0 bridgehead atoms. The Labute approximate surface area is 105 Å². The molecule has 0 aliphatic rings. The van der Waals surface area contributed by atoms with Crippen molar-refractivity contribution < 1.29 is 4.74 Å². The summed E-state index contributed by atoms with van der Waals surface area (Å²) in [5, 5.41) is 3.03. The number of methoxy groups -OCH3 is 1. The van der Waals surface area contributed by atoms with Crippen LogP contribution in [0.15, 0.2) is 4.99 Å². The number of nitrogens with one attached hydrogen (secondary N) is 1. The van der Waals surface area contributed by atoms with Crippen LogP contribution < -0.4 is 11.1 Å². The van der Waals surface area contributed by atoms with Crippen LogP contribution in [0.4, 0.5) is 0 Å². The molecule has 0 saturated carbocycles. The van der Waals surface area contributed by atoms with Gasteiger partial charge in [0, 0.05) is 19.2 Å². The second kappa shape index (κ2) is 8.31. The molecule has 0 radical (unpaired) electrons. The maximum atomic E-state index is 5.80. The number of nitrogens with two attached hydrogens (primary N) is 1. The van der Waals surface area contributed by atoms with Crippen LogP contribution >= 0.6 is 0 Å². The smallest absolute Gasteiger partial charge is 0.188 e. The molecule has 0 aromatic carbocycles. The monoisotopic (exact) mass is 244 g/mol. The van der Waals surface area contributed by atoms with Gasteiger partial charge in [-0.15, -0.1) is 0 Å². The molecule has 0 aromatic rings. The van der Waals surface area contributed by atoms with Crippen molar-refractivity contribution in [1.82, 2.24) is 10.2 Å². The predicted octanol–water partition coefficient (Wildman–Crippen LogP) is 0.658. The van der Waals surface area contributed by atoms with Gasteiger partial charge in [0.1, 0.15) is 0 Å². The van der Waals surface area contributed by atoms with Crippen LogP contribution in [0.25, 0.3) is 0 Å². The van der Waals surface area contributed by atoms with Crippen LogP contribution in [0.1, 0.15) is 26.7 Å². The minimum Gasteiger partial charge on any atom is -0.383 e. The summed E-state index contributed by atoms with van der Waals surface area (Å²) in [4.78, 5) is 6.65. The van der Waals surface area contributed by atoms with Gasteiger partial charge in [-0.3, -0.25) is 4.99 Å². The molecule has 0 atom stereocenters. The first-order valence-corrected chi connectivity index (χ1v) is 6.22. The van der Waals surface area contributed by atoms with Gasteiger partial charge in [0.2, 0.25) is 0 Å². The molecule has 0 aliphatic heterocycles. The molecule has 0 saturated heterocycles. The summed E-state index contributed by atoms with van der Waals surface area (Å²) < 4.78 is 4.94. The lowest BCUT2D eigenvalue weighted by Crippen LogP contribution is -2.47. The first-order chi connectivity index (χ1) is 8.02. The van der Waals surface area contributed by atoms with Gasteiger partial charge < -0.3 is 20.7 Å². The largest absolute Gasteiger partial charge is 0.383 e. The second-order valence-corrected chi connectivity index (χ2v) is 4.45. The average Bonchev–Trinajstić information content (AvgIpc) is 2.31. The topological polar surface area (TPSA) is 62.9 Å². The van der Waals surface area contributed by atoms with Gasteiger partial charge in [-0.05, 0) is 26.9 Å². The maximum absolute atomic E-state index is 5.80. The number of ether oxygens (including phenoxy) is 1. The third kappa shape index (κ3) is 5.37. The van der Waals surface area contributed by atoms with Crippen molar-refractivity contribution in [1.29, 1.82) is 0 Å². The number of rotatable bonds is 8. The van der Waals surface area contributed by atoms with Crippen molar-refractivity contribution in [3.63, 3.8) is 0 Å². The third-order valence-electron chi connectivity index (χ3n) is 3.42. The van der Waals surface area contributed by atoms with E-state index in [1.54, 1.807) is 7.11 Å². The van der Waals surface area contributed by atoms with E-state index in [-0.39, 0.29) is 5.54 Å². The minimum absolute atomic E-state index is 0.105. The summed E-state index contributed by atoms with van der Waals surface area (Å²) >= 11 is 0. The van der Waals surface area contributed by atoms with Gasteiger partial charge in [-0.25, -0.2) is 0 Å². The van der Waals surface area contributed by atoms with Crippen LogP contribution in [0.2, 0.25) is 0 Å². The van der Waals surface area contributed by atoms with Gasteiger partial charge in [0.25, 0.3) is 0 Å². The molecule has 102 valence electrons. The Kier molecular flexibility index (Phi) is 7.91. The van der Waals surface area contributed by atoms with E-state index in [0.29, 0.717) is 19.1 Å². The van der Waals surface area contributed by atoms with Crippen LogP contribution in [0.3, 0.4) is 0 Å². The zero-order chi connectivity index (χ0) is 13.3. The van der Waals surface area contributed by atoms with E-state index in [9.17, 15) is 0 Å². The fraction of sp³-hybridized carbons (Fsp3) is 0.917. The highest BCUT2D eigenvalue weighted by atomic mass is 16.5. The summed E-state index contributed by atoms with van der Waals surface area (Å²) in [6.07, 6.45) is 2.12. The van der Waals surface area contributed by atoms with Crippen molar-refractivity contribution in [2.45, 2.75) is 32.2 Å². The Hall–Kier alpha value is -0.810. The molecule has 0 heterocycles. The van der Waals surface area contributed by atoms with Crippen LogP contribution in [0.5, 0.6) is 0 Å². The summed E-state index contributed by atoms with van der Waals surface area (Å²) in [7, 11) is 5.86. The quantitative estimate of drug-likeness (QED) is 0.374. The Bertz CT molecular complexity index is 225. The molecular weight excluding hydrogens is 216 g/mol. The Morgan fingerprint density at radius 3 is 2.35 bits per heavy atom. The summed E-state index contributed by atoms with van der Waals surface area (Å²) in [5.74, 6) is 0.496. The predicted molar refractivity (Wildman–Crippen MR) is 73.4 cm³/mol. The molecular formula is C12H28N4O. The highest BCUT2D eigenvalue weighted by Crippen LogP contribution is 2.21. The van der Waals surface area contributed by atoms with E-state index in [4.69, 9.17) is 10.5 Å². The van der Waals surface area contributed by atoms with E-state index in [1.165, 1.54) is 0 Å². The molecule has 0 spiro atoms. The summed E-state index contributed by atoms with van der Waals surface area (Å²) in [6.45, 7) is 6.43. The van der Waals surface area contributed by atoms with Crippen molar-refractivity contribution >= 4 is 5.96 Å². The SMILES string of the molecule is CCC(CC)(CN=C(N)NCCOC)N(C)C. The van der Waals surface area contributed by atoms with E-state index in [2.05, 4.69) is 43.2 Å². The first kappa shape index (κ1) is 16.2. The van der Waals surface area contributed by atoms with Crippen molar-refractivity contribution in [2.75, 3.05) is 40.9 Å². The summed E-state index contributed by atoms with van der Waals surface area (Å²) in [6, 6.07) is 0. The molecule has 17 heavy (non-hydrogen) atoms. The molecule has 0 unspecified atom stereocenters. The Morgan fingerprint density at radius 1 is 1.35 bits per heavy atom. The third-order valence-corrected chi connectivity index (χ3v) is 3.42. The van der Waals surface area contributed by atoms with Gasteiger partial charge in [0.05, 0.1) is 13.2 Å². The zero-order valence-electron chi connectivity index (χ0n) is 11.9. The van der Waals surface area contributed by atoms with E-state index < -0.39 is 0 Å². The standard InChI is InChI=1S/C12H28N4O/c1-6-12(7-2,16(3)4)10-15-11(13)14-8-9-17-5/h6-10H2,1-5H3,(H3,13,14,15). The number of likely N-dealkylation sites (N-methyl/N-ethyl adjacent to an activating group) is 1. The fourth-order valence-electron chi connectivity index (χ4n) is 1.82. The molecule has 5 heteroatoms. The number of hydrogen-bond acceptors (Lipinski definition) is 3. The molecule has 0 amide bonds. The normalized spacial score (nSPS) is 13.2. The van der Waals surface area contributed by atoms with Gasteiger partial charge in [-0.1, -0.05) is 13.8 Å². The highest BCUT2D eigenvalue weighted by Gasteiger charge is 2.28. The van der Waals surface area contributed by atoms with Crippen LogP contribution in [0, 0.1) is 0 Å². The molecule has 0 aromatic heterocycles. The maximum Gasteiger partial charge on any atom is 0.188 e. The average molecular weight is 244 g/mol. The Balaban J connectivity index is 4.32. The lowest BCUT2D eigenvalue weighted by molar-refractivity contribution is 0.148. The minimum atomic E-state index is 0.105. The number of hydrogen-bond donors (Lipinski definition) is 2. The number of aliphatic imine (C=N–C) groups is 1. The number of guanidine groups is 1. The van der Waals surface area contributed by atoms with Gasteiger partial charge in [-0.2, -0.15) is 0 Å². The van der Waals surface area contributed by atoms with E-state index >= 15 is 0 Å². The van der Waals surface area contributed by atoms with Gasteiger partial charge in [0.15, 0.2) is 5.96 Å². The molecule has 3 N–H and O–H groups in total. The van der Waals surface area contributed by atoms with Crippen LogP contribution in [-0.2, 0) is 4.74 Å². The molecule has 0 aliphatic carbocycles. The lowest BCUT2D eigenvalue weighted by atomic mass is 9.91. The van der Waals surface area contributed by atoms with Crippen molar-refractivity contribution in [3.8, 4) is 0 Å². The van der Waals surface area contributed by atoms with E-state index in [0.717, 1.165) is 19.4 Å². The van der Waals surface area contributed by atoms with Crippen molar-refractivity contribution in [2.24, 2.45) is 10.7 Å². The summed E-state index contributed by atoms with van der Waals surface area (Å²) in [5.41, 5.74) is 5.90. The second-order valence-electron chi connectivity index (χ2n) is 4.45. The van der Waals surface area contributed by atoms with E-state index in [1.807, 2.05) is 0 Å². The molecule has 5 nitrogen and oxygen atoms in total. The first-order valence-electron chi connectivity index (χ1n) is 6.22. The zero-order valence-corrected chi connectivity index (χ0v) is 11.9. The highest BCUT2D eigenvalue weighted by molar-refractivity contribution is 5.77. The van der Waals surface area contributed by atoms with Gasteiger partial charge >= 0.3 is 0 Å².